The summed E-state index contributed by atoms with van der Waals surface area (Å²) in [5, 5.41) is 14.2. The van der Waals surface area contributed by atoms with Crippen LogP contribution in [0.25, 0.3) is 11.0 Å². The zero-order chi connectivity index (χ0) is 22.5. The van der Waals surface area contributed by atoms with E-state index in [4.69, 9.17) is 9.15 Å². The molecule has 1 heterocycles. The number of esters is 1. The normalized spacial score (nSPS) is 11.7. The second-order valence-electron chi connectivity index (χ2n) is 6.52. The Labute approximate surface area is 184 Å². The van der Waals surface area contributed by atoms with Crippen molar-refractivity contribution in [2.24, 2.45) is 0 Å². The quantitative estimate of drug-likeness (QED) is 0.231. The van der Waals surface area contributed by atoms with Gasteiger partial charge in [0.05, 0.1) is 24.0 Å². The third kappa shape index (κ3) is 5.34. The number of ether oxygens (including phenoxy) is 1. The van der Waals surface area contributed by atoms with Crippen molar-refractivity contribution >= 4 is 44.5 Å². The SMILES string of the molecule is CCOC(=O)C[C@@H](NC(=O)c1cc2cc(Br)ccc2oc1=O)c1cccc([N+](=O)[O-])c1. The van der Waals surface area contributed by atoms with Gasteiger partial charge in [-0.3, -0.25) is 19.7 Å². The Hall–Kier alpha value is -3.53. The molecule has 0 saturated carbocycles. The summed E-state index contributed by atoms with van der Waals surface area (Å²) in [5.41, 5.74) is -0.670. The Bertz CT molecular complexity index is 1220. The molecule has 160 valence electrons. The van der Waals surface area contributed by atoms with E-state index in [-0.39, 0.29) is 24.3 Å². The molecular formula is C21H17BrN2O7. The second kappa shape index (κ2) is 9.52. The molecule has 1 N–H and O–H groups in total. The van der Waals surface area contributed by atoms with Crippen molar-refractivity contribution in [3.05, 3.63) is 84.7 Å². The number of nitro groups is 1. The first-order valence-corrected chi connectivity index (χ1v) is 10.0. The molecule has 0 saturated heterocycles. The van der Waals surface area contributed by atoms with Gasteiger partial charge in [0.25, 0.3) is 11.6 Å². The summed E-state index contributed by atoms with van der Waals surface area (Å²) in [4.78, 5) is 47.8. The molecule has 1 aromatic heterocycles. The van der Waals surface area contributed by atoms with Gasteiger partial charge in [0.1, 0.15) is 11.1 Å². The number of nitro benzene ring substituents is 1. The van der Waals surface area contributed by atoms with Crippen molar-refractivity contribution in [2.45, 2.75) is 19.4 Å². The third-order valence-electron chi connectivity index (χ3n) is 4.40. The summed E-state index contributed by atoms with van der Waals surface area (Å²) in [7, 11) is 0. The number of nitrogens with zero attached hydrogens (tertiary/aromatic N) is 1. The first-order chi connectivity index (χ1) is 14.8. The summed E-state index contributed by atoms with van der Waals surface area (Å²) in [6.45, 7) is 1.77. The molecule has 0 aliphatic heterocycles. The minimum atomic E-state index is -0.955. The number of hydrogen-bond acceptors (Lipinski definition) is 7. The maximum atomic E-state index is 12.9. The number of fused-ring (bicyclic) bond motifs is 1. The summed E-state index contributed by atoms with van der Waals surface area (Å²) in [5.74, 6) is -1.38. The zero-order valence-electron chi connectivity index (χ0n) is 16.3. The number of carbonyl (C=O) groups excluding carboxylic acids is 2. The van der Waals surface area contributed by atoms with Crippen LogP contribution in [0.4, 0.5) is 5.69 Å². The summed E-state index contributed by atoms with van der Waals surface area (Å²) in [6, 6.07) is 10.9. The van der Waals surface area contributed by atoms with E-state index in [1.165, 1.54) is 30.3 Å². The highest BCUT2D eigenvalue weighted by molar-refractivity contribution is 9.10. The highest BCUT2D eigenvalue weighted by Crippen LogP contribution is 2.24. The fourth-order valence-corrected chi connectivity index (χ4v) is 3.36. The maximum Gasteiger partial charge on any atom is 0.349 e. The van der Waals surface area contributed by atoms with Crippen LogP contribution in [-0.4, -0.2) is 23.4 Å². The summed E-state index contributed by atoms with van der Waals surface area (Å²) >= 11 is 3.32. The monoisotopic (exact) mass is 488 g/mol. The van der Waals surface area contributed by atoms with Crippen LogP contribution in [0.2, 0.25) is 0 Å². The van der Waals surface area contributed by atoms with E-state index in [1.54, 1.807) is 25.1 Å². The smallest absolute Gasteiger partial charge is 0.349 e. The molecule has 0 unspecified atom stereocenters. The van der Waals surface area contributed by atoms with E-state index in [0.717, 1.165) is 4.47 Å². The van der Waals surface area contributed by atoms with Crippen LogP contribution in [-0.2, 0) is 9.53 Å². The van der Waals surface area contributed by atoms with Crippen molar-refractivity contribution in [2.75, 3.05) is 6.61 Å². The van der Waals surface area contributed by atoms with Gasteiger partial charge in [-0.25, -0.2) is 4.79 Å². The molecule has 0 aliphatic rings. The van der Waals surface area contributed by atoms with E-state index >= 15 is 0 Å². The lowest BCUT2D eigenvalue weighted by Crippen LogP contribution is -2.33. The van der Waals surface area contributed by atoms with Crippen LogP contribution in [0.5, 0.6) is 0 Å². The number of amides is 1. The molecule has 10 heteroatoms. The number of halogens is 1. The average Bonchev–Trinajstić information content (AvgIpc) is 2.73. The summed E-state index contributed by atoms with van der Waals surface area (Å²) in [6.07, 6.45) is -0.273. The van der Waals surface area contributed by atoms with Crippen molar-refractivity contribution in [1.29, 1.82) is 0 Å². The topological polar surface area (TPSA) is 129 Å². The zero-order valence-corrected chi connectivity index (χ0v) is 17.9. The Morgan fingerprint density at radius 3 is 2.71 bits per heavy atom. The van der Waals surface area contributed by atoms with Gasteiger partial charge in [-0.05, 0) is 36.8 Å². The molecule has 9 nitrogen and oxygen atoms in total. The lowest BCUT2D eigenvalue weighted by Gasteiger charge is -2.18. The average molecular weight is 489 g/mol. The van der Waals surface area contributed by atoms with Crippen LogP contribution in [0.15, 0.2) is 62.2 Å². The van der Waals surface area contributed by atoms with E-state index in [1.807, 2.05) is 0 Å². The van der Waals surface area contributed by atoms with Gasteiger partial charge in [0, 0.05) is 22.0 Å². The number of benzene rings is 2. The Kier molecular flexibility index (Phi) is 6.81. The van der Waals surface area contributed by atoms with Gasteiger partial charge in [-0.1, -0.05) is 28.1 Å². The number of nitrogens with one attached hydrogen (secondary N) is 1. The third-order valence-corrected chi connectivity index (χ3v) is 4.90. The number of non-ortho nitro benzene ring substituents is 1. The highest BCUT2D eigenvalue weighted by Gasteiger charge is 2.24. The first-order valence-electron chi connectivity index (χ1n) is 9.22. The molecule has 31 heavy (non-hydrogen) atoms. The minimum absolute atomic E-state index is 0.136. The predicted molar refractivity (Wildman–Crippen MR) is 115 cm³/mol. The van der Waals surface area contributed by atoms with Crippen LogP contribution in [0.1, 0.15) is 35.3 Å². The molecule has 2 aromatic carbocycles. The fourth-order valence-electron chi connectivity index (χ4n) is 2.98. The molecule has 0 radical (unpaired) electrons. The van der Waals surface area contributed by atoms with E-state index in [0.29, 0.717) is 16.5 Å². The van der Waals surface area contributed by atoms with Crippen LogP contribution in [0.3, 0.4) is 0 Å². The Morgan fingerprint density at radius 2 is 2.00 bits per heavy atom. The molecule has 0 fully saturated rings. The van der Waals surface area contributed by atoms with Gasteiger partial charge >= 0.3 is 11.6 Å². The molecule has 1 amide bonds. The van der Waals surface area contributed by atoms with Crippen molar-refractivity contribution < 1.29 is 23.7 Å². The number of carbonyl (C=O) groups is 2. The summed E-state index contributed by atoms with van der Waals surface area (Å²) < 4.78 is 10.9. The first kappa shape index (κ1) is 22.2. The van der Waals surface area contributed by atoms with Gasteiger partial charge in [-0.2, -0.15) is 0 Å². The maximum absolute atomic E-state index is 12.9. The molecule has 3 aromatic rings. The van der Waals surface area contributed by atoms with Crippen LogP contribution in [0, 0.1) is 10.1 Å². The molecular weight excluding hydrogens is 472 g/mol. The number of hydrogen-bond donors (Lipinski definition) is 1. The van der Waals surface area contributed by atoms with E-state index in [2.05, 4.69) is 21.2 Å². The highest BCUT2D eigenvalue weighted by atomic mass is 79.9. The lowest BCUT2D eigenvalue weighted by molar-refractivity contribution is -0.384. The van der Waals surface area contributed by atoms with Crippen molar-refractivity contribution in [1.82, 2.24) is 5.32 Å². The van der Waals surface area contributed by atoms with Crippen LogP contribution < -0.4 is 10.9 Å². The number of rotatable bonds is 7. The Balaban J connectivity index is 1.96. The largest absolute Gasteiger partial charge is 0.466 e. The minimum Gasteiger partial charge on any atom is -0.466 e. The standard InChI is InChI=1S/C21H17BrN2O7/c1-2-30-19(25)11-17(12-4-3-5-15(9-12)24(28)29)23-20(26)16-10-13-8-14(22)6-7-18(13)31-21(16)27/h3-10,17H,2,11H2,1H3,(H,23,26)/t17-/m1/s1. The van der Waals surface area contributed by atoms with Crippen molar-refractivity contribution in [3.63, 3.8) is 0 Å². The molecule has 3 rings (SSSR count). The fraction of sp³-hybridized carbons (Fsp3) is 0.190. The Morgan fingerprint density at radius 1 is 1.23 bits per heavy atom. The molecule has 0 aliphatic carbocycles. The van der Waals surface area contributed by atoms with Gasteiger partial charge < -0.3 is 14.5 Å². The molecule has 0 spiro atoms. The van der Waals surface area contributed by atoms with E-state index < -0.39 is 28.5 Å². The van der Waals surface area contributed by atoms with Gasteiger partial charge in [-0.15, -0.1) is 0 Å². The van der Waals surface area contributed by atoms with Gasteiger partial charge in [0.15, 0.2) is 0 Å². The van der Waals surface area contributed by atoms with Gasteiger partial charge in [0.2, 0.25) is 0 Å². The predicted octanol–water partition coefficient (Wildman–Crippen LogP) is 3.89. The molecule has 0 bridgehead atoms. The molecule has 1 atom stereocenters. The van der Waals surface area contributed by atoms with E-state index in [9.17, 15) is 24.5 Å². The van der Waals surface area contributed by atoms with Crippen molar-refractivity contribution in [3.8, 4) is 0 Å². The lowest BCUT2D eigenvalue weighted by atomic mass is 10.0. The second-order valence-corrected chi connectivity index (χ2v) is 7.43. The van der Waals surface area contributed by atoms with Crippen LogP contribution >= 0.6 is 15.9 Å².